The number of amides is 1. The summed E-state index contributed by atoms with van der Waals surface area (Å²) in [4.78, 5) is 34.2. The van der Waals surface area contributed by atoms with E-state index in [1.54, 1.807) is 0 Å². The number of benzene rings is 2. The zero-order valence-electron chi connectivity index (χ0n) is 16.2. The number of thiophene rings is 1. The number of nitrogens with one attached hydrogen (secondary N) is 1. The number of carbonyl (C=O) groups excluding carboxylic acids is 1. The Morgan fingerprint density at radius 2 is 1.74 bits per heavy atom. The van der Waals surface area contributed by atoms with Crippen LogP contribution in [0.4, 0.5) is 9.80 Å². The summed E-state index contributed by atoms with van der Waals surface area (Å²) in [5.41, 5.74) is 4.75. The first-order valence-electron chi connectivity index (χ1n) is 9.50. The van der Waals surface area contributed by atoms with Gasteiger partial charge in [0.2, 0.25) is 0 Å². The summed E-state index contributed by atoms with van der Waals surface area (Å²) in [7, 11) is 0. The highest BCUT2D eigenvalue weighted by Gasteiger charge is 2.30. The molecule has 1 aliphatic rings. The number of hydrogen-bond acceptors (Lipinski definition) is 6. The Balaban J connectivity index is 1.42. The lowest BCUT2D eigenvalue weighted by Gasteiger charge is -2.17. The molecule has 2 N–H and O–H groups in total. The van der Waals surface area contributed by atoms with Crippen molar-refractivity contribution in [3.8, 4) is 11.1 Å². The van der Waals surface area contributed by atoms with Gasteiger partial charge in [-0.3, -0.25) is 10.1 Å². The van der Waals surface area contributed by atoms with Crippen LogP contribution in [0.5, 0.6) is 0 Å². The first kappa shape index (κ1) is 20.5. The number of hydrogen-bond donors (Lipinski definition) is 2. The number of alkyl carbamates (subject to hydrolysis) is 1. The molecule has 158 valence electrons. The Hall–Kier alpha value is -3.72. The molecule has 0 fully saturated rings. The van der Waals surface area contributed by atoms with Gasteiger partial charge in [0.25, 0.3) is 0 Å². The van der Waals surface area contributed by atoms with E-state index in [1.165, 1.54) is 11.4 Å². The average molecular weight is 438 g/mol. The fourth-order valence-corrected chi connectivity index (χ4v) is 4.53. The summed E-state index contributed by atoms with van der Waals surface area (Å²) < 4.78 is 5.38. The standard InChI is InChI=1S/C22H18N2O6S/c25-21(26)19(9-13-10-20(24(28)29)31-12-13)23-22(27)30-11-18-16-7-3-1-5-14(16)15-6-2-4-8-17(15)18/h1-8,10,12,18-19H,9,11H2,(H,23,27)(H,25,26). The maximum atomic E-state index is 12.3. The van der Waals surface area contributed by atoms with E-state index < -0.39 is 23.0 Å². The van der Waals surface area contributed by atoms with Crippen LogP contribution in [0.25, 0.3) is 11.1 Å². The van der Waals surface area contributed by atoms with Crippen LogP contribution in [0.2, 0.25) is 0 Å². The molecule has 31 heavy (non-hydrogen) atoms. The SMILES string of the molecule is O=C(NC(Cc1csc([N+](=O)[O-])c1)C(=O)O)OCC1c2ccccc2-c2ccccc21. The normalized spacial score (nSPS) is 13.2. The lowest BCUT2D eigenvalue weighted by molar-refractivity contribution is -0.380. The van der Waals surface area contributed by atoms with E-state index in [1.807, 2.05) is 48.5 Å². The minimum Gasteiger partial charge on any atom is -0.480 e. The van der Waals surface area contributed by atoms with Crippen LogP contribution in [0.1, 0.15) is 22.6 Å². The summed E-state index contributed by atoms with van der Waals surface area (Å²) >= 11 is 0.908. The van der Waals surface area contributed by atoms with Crippen molar-refractivity contribution in [3.63, 3.8) is 0 Å². The van der Waals surface area contributed by atoms with Crippen molar-refractivity contribution in [3.05, 3.63) is 86.8 Å². The molecule has 1 heterocycles. The number of carboxylic acids is 1. The monoisotopic (exact) mass is 438 g/mol. The lowest BCUT2D eigenvalue weighted by Crippen LogP contribution is -2.42. The second kappa shape index (κ2) is 8.57. The van der Waals surface area contributed by atoms with Crippen LogP contribution in [0.3, 0.4) is 0 Å². The zero-order chi connectivity index (χ0) is 22.0. The van der Waals surface area contributed by atoms with Crippen LogP contribution in [-0.2, 0) is 16.0 Å². The maximum Gasteiger partial charge on any atom is 0.407 e. The van der Waals surface area contributed by atoms with Crippen molar-refractivity contribution < 1.29 is 24.4 Å². The topological polar surface area (TPSA) is 119 Å². The fraction of sp³-hybridized carbons (Fsp3) is 0.182. The lowest BCUT2D eigenvalue weighted by atomic mass is 9.98. The molecular formula is C22H18N2O6S. The summed E-state index contributed by atoms with van der Waals surface area (Å²) in [6.45, 7) is 0.0656. The highest BCUT2D eigenvalue weighted by molar-refractivity contribution is 7.13. The Morgan fingerprint density at radius 1 is 1.13 bits per heavy atom. The van der Waals surface area contributed by atoms with Gasteiger partial charge in [-0.2, -0.15) is 0 Å². The number of carboxylic acid groups (broad SMARTS) is 1. The van der Waals surface area contributed by atoms with Crippen molar-refractivity contribution in [1.29, 1.82) is 0 Å². The highest BCUT2D eigenvalue weighted by Crippen LogP contribution is 2.44. The van der Waals surface area contributed by atoms with Crippen LogP contribution in [0, 0.1) is 10.1 Å². The second-order valence-electron chi connectivity index (χ2n) is 7.12. The summed E-state index contributed by atoms with van der Waals surface area (Å²) in [5, 5.41) is 24.0. The smallest absolute Gasteiger partial charge is 0.407 e. The molecule has 2 aromatic carbocycles. The van der Waals surface area contributed by atoms with E-state index in [0.717, 1.165) is 33.6 Å². The van der Waals surface area contributed by atoms with E-state index in [4.69, 9.17) is 4.74 Å². The number of aliphatic carboxylic acids is 1. The van der Waals surface area contributed by atoms with Gasteiger partial charge in [-0.1, -0.05) is 59.9 Å². The van der Waals surface area contributed by atoms with E-state index in [0.29, 0.717) is 5.56 Å². The summed E-state index contributed by atoms with van der Waals surface area (Å²) in [6, 6.07) is 15.8. The van der Waals surface area contributed by atoms with Gasteiger partial charge in [-0.25, -0.2) is 9.59 Å². The van der Waals surface area contributed by atoms with Gasteiger partial charge in [-0.05, 0) is 27.8 Å². The first-order valence-corrected chi connectivity index (χ1v) is 10.4. The van der Waals surface area contributed by atoms with Gasteiger partial charge < -0.3 is 15.2 Å². The first-order chi connectivity index (χ1) is 14.9. The number of nitro groups is 1. The molecule has 3 aromatic rings. The Morgan fingerprint density at radius 3 is 2.29 bits per heavy atom. The molecule has 9 heteroatoms. The molecule has 0 bridgehead atoms. The van der Waals surface area contributed by atoms with E-state index in [-0.39, 0.29) is 23.9 Å². The van der Waals surface area contributed by atoms with Crippen molar-refractivity contribution in [2.24, 2.45) is 0 Å². The van der Waals surface area contributed by atoms with Gasteiger partial charge in [0, 0.05) is 23.8 Å². The van der Waals surface area contributed by atoms with Crippen LogP contribution >= 0.6 is 11.3 Å². The summed E-state index contributed by atoms with van der Waals surface area (Å²) in [6.07, 6.45) is -0.928. The summed E-state index contributed by atoms with van der Waals surface area (Å²) in [5.74, 6) is -1.39. The van der Waals surface area contributed by atoms with Gasteiger partial charge in [-0.15, -0.1) is 0 Å². The molecule has 1 atom stereocenters. The number of ether oxygens (including phenoxy) is 1. The molecule has 0 saturated carbocycles. The number of rotatable bonds is 7. The predicted molar refractivity (Wildman–Crippen MR) is 114 cm³/mol. The molecule has 0 radical (unpaired) electrons. The van der Waals surface area contributed by atoms with Gasteiger partial charge in [0.05, 0.1) is 4.92 Å². The van der Waals surface area contributed by atoms with Crippen molar-refractivity contribution >= 4 is 28.4 Å². The molecule has 1 amide bonds. The number of carbonyl (C=O) groups is 2. The van der Waals surface area contributed by atoms with Crippen LogP contribution in [-0.4, -0.2) is 34.7 Å². The predicted octanol–water partition coefficient (Wildman–Crippen LogP) is 4.19. The Kier molecular flexibility index (Phi) is 5.68. The van der Waals surface area contributed by atoms with Crippen LogP contribution < -0.4 is 5.32 Å². The third-order valence-corrected chi connectivity index (χ3v) is 6.12. The molecular weight excluding hydrogens is 420 g/mol. The molecule has 1 aromatic heterocycles. The average Bonchev–Trinajstić information content (AvgIpc) is 3.35. The fourth-order valence-electron chi connectivity index (χ4n) is 3.78. The molecule has 8 nitrogen and oxygen atoms in total. The Labute approximate surface area is 181 Å². The minimum atomic E-state index is -1.26. The quantitative estimate of drug-likeness (QED) is 0.422. The molecule has 0 spiro atoms. The molecule has 0 aliphatic heterocycles. The third-order valence-electron chi connectivity index (χ3n) is 5.19. The maximum absolute atomic E-state index is 12.3. The van der Waals surface area contributed by atoms with Crippen molar-refractivity contribution in [2.75, 3.05) is 6.61 Å². The minimum absolute atomic E-state index is 0.0656. The zero-order valence-corrected chi connectivity index (χ0v) is 17.0. The van der Waals surface area contributed by atoms with E-state index >= 15 is 0 Å². The third kappa shape index (κ3) is 4.26. The van der Waals surface area contributed by atoms with E-state index in [2.05, 4.69) is 5.32 Å². The number of nitrogens with zero attached hydrogens (tertiary/aromatic N) is 1. The van der Waals surface area contributed by atoms with Gasteiger partial charge >= 0.3 is 17.1 Å². The molecule has 1 aliphatic carbocycles. The Bertz CT molecular complexity index is 1110. The van der Waals surface area contributed by atoms with Crippen molar-refractivity contribution in [1.82, 2.24) is 5.32 Å². The van der Waals surface area contributed by atoms with Gasteiger partial charge in [0.15, 0.2) is 0 Å². The van der Waals surface area contributed by atoms with Crippen molar-refractivity contribution in [2.45, 2.75) is 18.4 Å². The molecule has 4 rings (SSSR count). The van der Waals surface area contributed by atoms with E-state index in [9.17, 15) is 24.8 Å². The number of fused-ring (bicyclic) bond motifs is 3. The molecule has 0 saturated heterocycles. The molecule has 1 unspecified atom stereocenters. The van der Waals surface area contributed by atoms with Crippen LogP contribution in [0.15, 0.2) is 60.0 Å². The largest absolute Gasteiger partial charge is 0.480 e. The second-order valence-corrected chi connectivity index (χ2v) is 8.00. The highest BCUT2D eigenvalue weighted by atomic mass is 32.1. The van der Waals surface area contributed by atoms with Gasteiger partial charge in [0.1, 0.15) is 12.6 Å².